The summed E-state index contributed by atoms with van der Waals surface area (Å²) in [5, 5.41) is 9.93. The van der Waals surface area contributed by atoms with Crippen molar-refractivity contribution >= 4 is 5.91 Å². The molecule has 1 atom stereocenters. The number of hydrazine groups is 1. The fourth-order valence-corrected chi connectivity index (χ4v) is 2.52. The minimum Gasteiger partial charge on any atom is -0.287 e. The van der Waals surface area contributed by atoms with Crippen molar-refractivity contribution in [3.63, 3.8) is 0 Å². The number of carbonyl (C=O) groups is 1. The van der Waals surface area contributed by atoms with Gasteiger partial charge in [-0.3, -0.25) is 10.2 Å². The Morgan fingerprint density at radius 1 is 1.38 bits per heavy atom. The molecule has 21 heavy (non-hydrogen) atoms. The number of rotatable bonds is 2. The summed E-state index contributed by atoms with van der Waals surface area (Å²) in [6.07, 6.45) is -4.66. The average Bonchev–Trinajstić information content (AvgIpc) is 2.62. The Morgan fingerprint density at radius 2 is 2.00 bits per heavy atom. The first kappa shape index (κ1) is 15.3. The van der Waals surface area contributed by atoms with Gasteiger partial charge in [0.1, 0.15) is 0 Å². The van der Waals surface area contributed by atoms with Gasteiger partial charge >= 0.3 is 6.18 Å². The summed E-state index contributed by atoms with van der Waals surface area (Å²) in [5.41, 5.74) is 1.04. The summed E-state index contributed by atoms with van der Waals surface area (Å²) < 4.78 is 40.6. The maximum Gasteiger partial charge on any atom is 0.409 e. The van der Waals surface area contributed by atoms with Crippen LogP contribution in [0.2, 0.25) is 0 Å². The van der Waals surface area contributed by atoms with Crippen molar-refractivity contribution in [2.75, 3.05) is 0 Å². The molecule has 1 aliphatic heterocycles. The monoisotopic (exact) mass is 297 g/mol. The van der Waals surface area contributed by atoms with Gasteiger partial charge in [-0.15, -0.1) is 0 Å². The van der Waals surface area contributed by atoms with E-state index in [9.17, 15) is 18.0 Å². The third-order valence-electron chi connectivity index (χ3n) is 3.43. The first-order chi connectivity index (χ1) is 9.66. The van der Waals surface area contributed by atoms with Gasteiger partial charge in [0.15, 0.2) is 6.04 Å². The number of nitrogens with one attached hydrogen (secondary N) is 1. The van der Waals surface area contributed by atoms with Crippen molar-refractivity contribution in [1.82, 2.24) is 10.4 Å². The number of hydrogen-bond acceptors (Lipinski definition) is 3. The molecule has 112 valence electrons. The van der Waals surface area contributed by atoms with Gasteiger partial charge in [-0.25, -0.2) is 0 Å². The Labute approximate surface area is 120 Å². The molecule has 1 N–H and O–H groups in total. The third-order valence-corrected chi connectivity index (χ3v) is 3.43. The molecule has 1 unspecified atom stereocenters. The van der Waals surface area contributed by atoms with Crippen LogP contribution in [0.5, 0.6) is 0 Å². The lowest BCUT2D eigenvalue weighted by molar-refractivity contribution is -0.203. The minimum atomic E-state index is -4.62. The zero-order chi connectivity index (χ0) is 15.8. The molecule has 4 nitrogen and oxygen atoms in total. The first-order valence-electron chi connectivity index (χ1n) is 6.31. The van der Waals surface area contributed by atoms with Crippen molar-refractivity contribution in [3.05, 3.63) is 35.4 Å². The minimum absolute atomic E-state index is 0.0334. The highest BCUT2D eigenvalue weighted by atomic mass is 19.4. The van der Waals surface area contributed by atoms with Crippen LogP contribution in [0, 0.1) is 11.3 Å². The maximum atomic E-state index is 13.5. The lowest BCUT2D eigenvalue weighted by Gasteiger charge is -2.38. The van der Waals surface area contributed by atoms with E-state index >= 15 is 0 Å². The van der Waals surface area contributed by atoms with Gasteiger partial charge in [-0.2, -0.15) is 23.4 Å². The van der Waals surface area contributed by atoms with Crippen LogP contribution in [-0.2, 0) is 4.79 Å². The molecule has 0 spiro atoms. The van der Waals surface area contributed by atoms with Gasteiger partial charge in [-0.1, -0.05) is 18.2 Å². The number of nitrogens with zero attached hydrogens (tertiary/aromatic N) is 2. The lowest BCUT2D eigenvalue weighted by Crippen LogP contribution is -2.51. The first-order valence-corrected chi connectivity index (χ1v) is 6.31. The van der Waals surface area contributed by atoms with Crippen LogP contribution in [-0.4, -0.2) is 22.6 Å². The molecule has 1 fully saturated rings. The van der Waals surface area contributed by atoms with Crippen LogP contribution in [0.15, 0.2) is 24.3 Å². The standard InChI is InChI=1S/C14H14F3N3O/c1-13(2)7-11(21)19-20(13)12(14(15,16)17)10-6-4-3-5-9(10)8-18/h3-6,12H,7H2,1-2H3,(H,19,21). The van der Waals surface area contributed by atoms with Crippen LogP contribution < -0.4 is 5.43 Å². The normalized spacial score (nSPS) is 19.9. The number of carbonyl (C=O) groups excluding carboxylic acids is 1. The zero-order valence-corrected chi connectivity index (χ0v) is 11.5. The Morgan fingerprint density at radius 3 is 2.48 bits per heavy atom. The topological polar surface area (TPSA) is 56.1 Å². The van der Waals surface area contributed by atoms with E-state index in [1.54, 1.807) is 19.9 Å². The number of hydrogen-bond donors (Lipinski definition) is 1. The predicted octanol–water partition coefficient (Wildman–Crippen LogP) is 2.68. The fourth-order valence-electron chi connectivity index (χ4n) is 2.52. The fraction of sp³-hybridized carbons (Fsp3) is 0.429. The maximum absolute atomic E-state index is 13.5. The summed E-state index contributed by atoms with van der Waals surface area (Å²) in [5.74, 6) is -0.469. The van der Waals surface area contributed by atoms with E-state index in [4.69, 9.17) is 5.26 Å². The van der Waals surface area contributed by atoms with E-state index < -0.39 is 23.7 Å². The largest absolute Gasteiger partial charge is 0.409 e. The Hall–Kier alpha value is -2.07. The highest BCUT2D eigenvalue weighted by Crippen LogP contribution is 2.43. The van der Waals surface area contributed by atoms with Gasteiger partial charge in [0.2, 0.25) is 5.91 Å². The SMILES string of the molecule is CC1(C)CC(=O)NN1C(c1ccccc1C#N)C(F)(F)F. The van der Waals surface area contributed by atoms with Crippen LogP contribution in [0.1, 0.15) is 37.4 Å². The molecule has 1 aromatic rings. The second-order valence-corrected chi connectivity index (χ2v) is 5.54. The van der Waals surface area contributed by atoms with Gasteiger partial charge in [0.05, 0.1) is 11.6 Å². The van der Waals surface area contributed by atoms with Gasteiger partial charge in [-0.05, 0) is 25.5 Å². The van der Waals surface area contributed by atoms with Crippen molar-refractivity contribution in [3.8, 4) is 6.07 Å². The van der Waals surface area contributed by atoms with Crippen molar-refractivity contribution in [2.24, 2.45) is 0 Å². The molecule has 1 amide bonds. The number of halogens is 3. The molecule has 1 heterocycles. The molecule has 0 aliphatic carbocycles. The van der Waals surface area contributed by atoms with Crippen LogP contribution in [0.4, 0.5) is 13.2 Å². The summed E-state index contributed by atoms with van der Waals surface area (Å²) in [4.78, 5) is 11.5. The summed E-state index contributed by atoms with van der Waals surface area (Å²) in [6, 6.07) is 5.25. The average molecular weight is 297 g/mol. The molecule has 0 radical (unpaired) electrons. The summed E-state index contributed by atoms with van der Waals surface area (Å²) in [7, 11) is 0. The number of amides is 1. The Kier molecular flexibility index (Phi) is 3.68. The molecule has 0 saturated carbocycles. The third kappa shape index (κ3) is 2.85. The van der Waals surface area contributed by atoms with E-state index in [1.165, 1.54) is 24.3 Å². The van der Waals surface area contributed by atoms with E-state index in [1.807, 2.05) is 0 Å². The van der Waals surface area contributed by atoms with Crippen LogP contribution in [0.3, 0.4) is 0 Å². The van der Waals surface area contributed by atoms with E-state index in [-0.39, 0.29) is 17.5 Å². The molecular weight excluding hydrogens is 283 g/mol. The summed E-state index contributed by atoms with van der Waals surface area (Å²) in [6.45, 7) is 3.11. The number of nitriles is 1. The molecule has 7 heteroatoms. The van der Waals surface area contributed by atoms with Crippen molar-refractivity contribution in [2.45, 2.75) is 38.0 Å². The molecular formula is C14H14F3N3O. The number of benzene rings is 1. The Bertz CT molecular complexity index is 604. The van der Waals surface area contributed by atoms with E-state index in [0.717, 1.165) is 5.01 Å². The molecule has 1 saturated heterocycles. The molecule has 2 rings (SSSR count). The van der Waals surface area contributed by atoms with Crippen LogP contribution >= 0.6 is 0 Å². The zero-order valence-electron chi connectivity index (χ0n) is 11.5. The molecule has 1 aliphatic rings. The van der Waals surface area contributed by atoms with Crippen molar-refractivity contribution in [1.29, 1.82) is 5.26 Å². The van der Waals surface area contributed by atoms with E-state index in [0.29, 0.717) is 0 Å². The quantitative estimate of drug-likeness (QED) is 0.913. The van der Waals surface area contributed by atoms with Crippen LogP contribution in [0.25, 0.3) is 0 Å². The molecule has 0 bridgehead atoms. The predicted molar refractivity (Wildman–Crippen MR) is 68.6 cm³/mol. The smallest absolute Gasteiger partial charge is 0.287 e. The van der Waals surface area contributed by atoms with Gasteiger partial charge < -0.3 is 0 Å². The summed E-state index contributed by atoms with van der Waals surface area (Å²) >= 11 is 0. The highest BCUT2D eigenvalue weighted by Gasteiger charge is 2.53. The molecule has 1 aromatic carbocycles. The van der Waals surface area contributed by atoms with Crippen molar-refractivity contribution < 1.29 is 18.0 Å². The van der Waals surface area contributed by atoms with Gasteiger partial charge in [0.25, 0.3) is 0 Å². The number of alkyl halides is 3. The highest BCUT2D eigenvalue weighted by molar-refractivity contribution is 5.79. The Balaban J connectivity index is 2.56. The molecule has 0 aromatic heterocycles. The van der Waals surface area contributed by atoms with Gasteiger partial charge in [0, 0.05) is 12.0 Å². The second-order valence-electron chi connectivity index (χ2n) is 5.54. The lowest BCUT2D eigenvalue weighted by atomic mass is 9.94. The van der Waals surface area contributed by atoms with E-state index in [2.05, 4.69) is 5.43 Å². The second kappa shape index (κ2) is 5.04.